The number of anilines is 6. The van der Waals surface area contributed by atoms with E-state index in [1.807, 2.05) is 0 Å². The predicted molar refractivity (Wildman–Crippen MR) is 240 cm³/mol. The fraction of sp³-hybridized carbons (Fsp3) is 0.385. The molecule has 0 amide bonds. The highest BCUT2D eigenvalue weighted by atomic mass is 16.3. The Morgan fingerprint density at radius 1 is 0.536 bits per heavy atom. The summed E-state index contributed by atoms with van der Waals surface area (Å²) in [6.07, 6.45) is 4.73. The van der Waals surface area contributed by atoms with Gasteiger partial charge in [0, 0.05) is 33.8 Å². The van der Waals surface area contributed by atoms with Crippen molar-refractivity contribution >= 4 is 68.4 Å². The molecule has 0 spiro atoms. The van der Waals surface area contributed by atoms with Crippen LogP contribution in [0.3, 0.4) is 0 Å². The van der Waals surface area contributed by atoms with Crippen molar-refractivity contribution < 1.29 is 4.42 Å². The van der Waals surface area contributed by atoms with E-state index in [1.54, 1.807) is 0 Å². The van der Waals surface area contributed by atoms with Crippen LogP contribution in [-0.2, 0) is 27.1 Å². The number of rotatable bonds is 2. The molecular formula is C52H57BN2O. The summed E-state index contributed by atoms with van der Waals surface area (Å²) in [6, 6.07) is 37.4. The first kappa shape index (κ1) is 35.7. The van der Waals surface area contributed by atoms with Gasteiger partial charge in [0.2, 0.25) is 0 Å². The molecule has 1 aromatic heterocycles. The van der Waals surface area contributed by atoms with Gasteiger partial charge in [-0.25, -0.2) is 0 Å². The Kier molecular flexibility index (Phi) is 7.31. The second-order valence-corrected chi connectivity index (χ2v) is 21.1. The molecule has 0 saturated heterocycles. The summed E-state index contributed by atoms with van der Waals surface area (Å²) >= 11 is 0. The fourth-order valence-corrected chi connectivity index (χ4v) is 11.0. The summed E-state index contributed by atoms with van der Waals surface area (Å²) in [5.74, 6) is 0. The van der Waals surface area contributed by atoms with Crippen LogP contribution in [0.5, 0.6) is 0 Å². The average molecular weight is 737 g/mol. The molecule has 3 nitrogen and oxygen atoms in total. The van der Waals surface area contributed by atoms with Crippen LogP contribution >= 0.6 is 0 Å². The summed E-state index contributed by atoms with van der Waals surface area (Å²) in [7, 11) is 0. The maximum atomic E-state index is 7.22. The maximum absolute atomic E-state index is 7.22. The number of furan rings is 1. The van der Waals surface area contributed by atoms with E-state index in [0.29, 0.717) is 0 Å². The lowest BCUT2D eigenvalue weighted by atomic mass is 9.35. The zero-order valence-corrected chi connectivity index (χ0v) is 35.4. The zero-order chi connectivity index (χ0) is 39.3. The summed E-state index contributed by atoms with van der Waals surface area (Å²) in [4.78, 5) is 5.17. The fourth-order valence-electron chi connectivity index (χ4n) is 11.0. The third-order valence-electron chi connectivity index (χ3n) is 14.5. The van der Waals surface area contributed by atoms with Crippen LogP contribution in [0.15, 0.2) is 101 Å². The third kappa shape index (κ3) is 4.96. The Morgan fingerprint density at radius 2 is 1.09 bits per heavy atom. The lowest BCUT2D eigenvalue weighted by molar-refractivity contribution is 0.332. The highest BCUT2D eigenvalue weighted by Crippen LogP contribution is 2.53. The van der Waals surface area contributed by atoms with Gasteiger partial charge in [0.1, 0.15) is 5.58 Å². The quantitative estimate of drug-likeness (QED) is 0.165. The van der Waals surface area contributed by atoms with Crippen LogP contribution in [0, 0.1) is 0 Å². The van der Waals surface area contributed by atoms with E-state index in [2.05, 4.69) is 183 Å². The first-order valence-electron chi connectivity index (χ1n) is 21.1. The molecule has 2 aliphatic heterocycles. The smallest absolute Gasteiger partial charge is 0.297 e. The van der Waals surface area contributed by atoms with Crippen molar-refractivity contribution in [1.82, 2.24) is 0 Å². The van der Waals surface area contributed by atoms with E-state index in [0.717, 1.165) is 16.6 Å². The van der Waals surface area contributed by atoms with Crippen molar-refractivity contribution in [2.24, 2.45) is 0 Å². The minimum absolute atomic E-state index is 0.0629. The molecule has 0 saturated carbocycles. The molecule has 284 valence electrons. The maximum Gasteiger partial charge on any atom is 0.297 e. The van der Waals surface area contributed by atoms with Gasteiger partial charge in [-0.05, 0) is 140 Å². The normalized spacial score (nSPS) is 19.5. The minimum atomic E-state index is -0.0677. The van der Waals surface area contributed by atoms with E-state index in [9.17, 15) is 0 Å². The summed E-state index contributed by atoms with van der Waals surface area (Å²) in [5.41, 5.74) is 19.6. The zero-order valence-electron chi connectivity index (χ0n) is 35.4. The summed E-state index contributed by atoms with van der Waals surface area (Å²) in [6.45, 7) is 26.5. The van der Waals surface area contributed by atoms with E-state index in [4.69, 9.17) is 4.42 Å². The van der Waals surface area contributed by atoms with Crippen LogP contribution in [0.1, 0.15) is 130 Å². The van der Waals surface area contributed by atoms with E-state index < -0.39 is 0 Å². The molecule has 2 aliphatic carbocycles. The molecule has 56 heavy (non-hydrogen) atoms. The molecule has 0 fully saturated rings. The van der Waals surface area contributed by atoms with Crippen LogP contribution in [0.25, 0.3) is 11.0 Å². The van der Waals surface area contributed by atoms with E-state index in [-0.39, 0.29) is 33.8 Å². The molecule has 4 heteroatoms. The highest BCUT2D eigenvalue weighted by molar-refractivity contribution is 7.00. The minimum Gasteiger partial charge on any atom is -0.468 e. The lowest BCUT2D eigenvalue weighted by Gasteiger charge is -2.47. The lowest BCUT2D eigenvalue weighted by Crippen LogP contribution is -2.61. The molecule has 6 aromatic rings. The van der Waals surface area contributed by atoms with Crippen molar-refractivity contribution in [2.45, 2.75) is 129 Å². The Morgan fingerprint density at radius 3 is 1.77 bits per heavy atom. The number of nitrogens with zero attached hydrogens (tertiary/aromatic N) is 2. The molecular weight excluding hydrogens is 679 g/mol. The van der Waals surface area contributed by atoms with Crippen molar-refractivity contribution in [2.75, 3.05) is 9.80 Å². The Bertz CT molecular complexity index is 2610. The molecule has 0 atom stereocenters. The van der Waals surface area contributed by atoms with Gasteiger partial charge in [-0.3, -0.25) is 0 Å². The van der Waals surface area contributed by atoms with E-state index >= 15 is 0 Å². The van der Waals surface area contributed by atoms with Crippen molar-refractivity contribution in [3.63, 3.8) is 0 Å². The number of benzene rings is 5. The molecule has 10 rings (SSSR count). The van der Waals surface area contributed by atoms with Crippen LogP contribution < -0.4 is 26.4 Å². The van der Waals surface area contributed by atoms with Crippen LogP contribution in [0.4, 0.5) is 34.1 Å². The van der Waals surface area contributed by atoms with Gasteiger partial charge in [0.05, 0.1) is 11.3 Å². The molecule has 0 N–H and O–H groups in total. The second-order valence-electron chi connectivity index (χ2n) is 21.1. The Hall–Kier alpha value is -4.70. The largest absolute Gasteiger partial charge is 0.468 e. The Labute approximate surface area is 335 Å². The topological polar surface area (TPSA) is 19.6 Å². The molecule has 3 heterocycles. The number of hydrogen-bond acceptors (Lipinski definition) is 3. The van der Waals surface area contributed by atoms with Gasteiger partial charge in [-0.1, -0.05) is 125 Å². The van der Waals surface area contributed by atoms with Gasteiger partial charge in [-0.15, -0.1) is 0 Å². The average Bonchev–Trinajstić information content (AvgIpc) is 3.54. The number of fused-ring (bicyclic) bond motifs is 8. The van der Waals surface area contributed by atoms with Crippen molar-refractivity contribution in [1.29, 1.82) is 0 Å². The summed E-state index contributed by atoms with van der Waals surface area (Å²) in [5, 5.41) is 1.16. The SMILES string of the molecule is CC(C)(C)c1ccccc1N1c2cccc3c2B(c2cc4c(cc2N3c2ccc3c(c2)C(C)(C)CCC3(C)C)C(C)(C)CCC4(C)C)c2oc3ccccc3c21. The molecule has 4 aliphatic rings. The van der Waals surface area contributed by atoms with Crippen LogP contribution in [0.2, 0.25) is 0 Å². The van der Waals surface area contributed by atoms with Crippen molar-refractivity contribution in [3.8, 4) is 0 Å². The highest BCUT2D eigenvalue weighted by Gasteiger charge is 2.49. The van der Waals surface area contributed by atoms with Gasteiger partial charge in [-0.2, -0.15) is 0 Å². The number of para-hydroxylation sites is 2. The van der Waals surface area contributed by atoms with Gasteiger partial charge in [0.25, 0.3) is 6.71 Å². The van der Waals surface area contributed by atoms with Gasteiger partial charge >= 0.3 is 0 Å². The van der Waals surface area contributed by atoms with Gasteiger partial charge in [0.15, 0.2) is 0 Å². The van der Waals surface area contributed by atoms with Crippen molar-refractivity contribution in [3.05, 3.63) is 125 Å². The molecule has 0 radical (unpaired) electrons. The molecule has 5 aromatic carbocycles. The van der Waals surface area contributed by atoms with Crippen LogP contribution in [-0.4, -0.2) is 6.71 Å². The summed E-state index contributed by atoms with van der Waals surface area (Å²) < 4.78 is 7.22. The van der Waals surface area contributed by atoms with Gasteiger partial charge < -0.3 is 14.2 Å². The Balaban J connectivity index is 1.33. The second kappa shape index (κ2) is 11.5. The molecule has 0 bridgehead atoms. The molecule has 0 unspecified atom stereocenters. The predicted octanol–water partition coefficient (Wildman–Crippen LogP) is 12.5. The standard InChI is InChI=1S/C52H57BN2O/c1-48(2,3)35-18-13-14-19-40(35)55-42-21-16-20-41-45(42)53(47-46(55)33-17-12-15-22-44(33)56-47)39-30-37-38(52(10,11)28-27-51(37,8)9)31-43(39)54(41)32-23-24-34-36(29-32)50(6,7)26-25-49(34,4)5/h12-24,29-31H,25-28H2,1-11H3. The first-order chi connectivity index (χ1) is 26.4. The monoisotopic (exact) mass is 736 g/mol. The third-order valence-corrected chi connectivity index (χ3v) is 14.5. The number of hydrogen-bond donors (Lipinski definition) is 0. The van der Waals surface area contributed by atoms with E-state index in [1.165, 1.54) is 98.6 Å². The first-order valence-corrected chi connectivity index (χ1v) is 21.1.